The maximum atomic E-state index is 12.9. The molecule has 1 aliphatic rings. The third-order valence-corrected chi connectivity index (χ3v) is 4.82. The molecule has 0 saturated heterocycles. The Kier molecular flexibility index (Phi) is 5.57. The van der Waals surface area contributed by atoms with Gasteiger partial charge in [0.2, 0.25) is 0 Å². The van der Waals surface area contributed by atoms with Crippen molar-refractivity contribution in [2.24, 2.45) is 5.10 Å². The number of ether oxygens (including phenoxy) is 1. The van der Waals surface area contributed by atoms with Gasteiger partial charge in [-0.05, 0) is 48.9 Å². The van der Waals surface area contributed by atoms with Crippen LogP contribution in [0.1, 0.15) is 18.1 Å². The molecule has 0 radical (unpaired) electrons. The molecule has 1 amide bonds. The van der Waals surface area contributed by atoms with Gasteiger partial charge in [-0.1, -0.05) is 36.4 Å². The van der Waals surface area contributed by atoms with Gasteiger partial charge in [-0.2, -0.15) is 10.1 Å². The summed E-state index contributed by atoms with van der Waals surface area (Å²) < 4.78 is 5.94. The predicted octanol–water partition coefficient (Wildman–Crippen LogP) is 4.98. The highest BCUT2D eigenvalue weighted by Gasteiger charge is 2.28. The molecule has 3 aromatic carbocycles. The number of nitrogens with zero attached hydrogens (tertiary/aromatic N) is 3. The molecule has 0 aromatic heterocycles. The minimum atomic E-state index is -0.437. The van der Waals surface area contributed by atoms with Crippen LogP contribution < -0.4 is 9.75 Å². The number of non-ortho nitro benzene ring substituents is 1. The van der Waals surface area contributed by atoms with E-state index in [2.05, 4.69) is 5.10 Å². The Bertz CT molecular complexity index is 1180. The van der Waals surface area contributed by atoms with Crippen molar-refractivity contribution in [3.05, 3.63) is 106 Å². The van der Waals surface area contributed by atoms with Crippen LogP contribution in [0.3, 0.4) is 0 Å². The molecule has 0 bridgehead atoms. The normalized spacial score (nSPS) is 14.6. The lowest BCUT2D eigenvalue weighted by atomic mass is 10.1. The largest absolute Gasteiger partial charge is 0.488 e. The fourth-order valence-electron chi connectivity index (χ4n) is 3.19. The third kappa shape index (κ3) is 4.35. The van der Waals surface area contributed by atoms with Gasteiger partial charge in [0.15, 0.2) is 0 Å². The molecule has 0 fully saturated rings. The van der Waals surface area contributed by atoms with E-state index in [9.17, 15) is 14.9 Å². The van der Waals surface area contributed by atoms with Crippen molar-refractivity contribution in [3.8, 4) is 5.75 Å². The van der Waals surface area contributed by atoms with Crippen molar-refractivity contribution < 1.29 is 14.5 Å². The Balaban J connectivity index is 1.54. The van der Waals surface area contributed by atoms with E-state index >= 15 is 0 Å². The van der Waals surface area contributed by atoms with E-state index in [1.807, 2.05) is 54.6 Å². The van der Waals surface area contributed by atoms with E-state index in [1.54, 1.807) is 25.1 Å². The number of amides is 1. The summed E-state index contributed by atoms with van der Waals surface area (Å²) in [5, 5.41) is 16.6. The zero-order chi connectivity index (χ0) is 21.8. The molecule has 1 aliphatic heterocycles. The molecular formula is C24H19N3O4. The Hall–Kier alpha value is -4.26. The predicted molar refractivity (Wildman–Crippen MR) is 119 cm³/mol. The van der Waals surface area contributed by atoms with Crippen LogP contribution >= 0.6 is 0 Å². The molecule has 0 unspecified atom stereocenters. The van der Waals surface area contributed by atoms with Crippen molar-refractivity contribution in [1.29, 1.82) is 0 Å². The standard InChI is InChI=1S/C24H19N3O4/c1-17-22(24(28)26(25-17)20-8-3-2-4-9-20)15-19-7-5-6-10-23(19)31-16-18-11-13-21(14-12-18)27(29)30/h2-15H,16H2,1H3/b22-15-. The van der Waals surface area contributed by atoms with Gasteiger partial charge in [-0.15, -0.1) is 0 Å². The monoisotopic (exact) mass is 413 g/mol. The van der Waals surface area contributed by atoms with E-state index in [1.165, 1.54) is 17.1 Å². The maximum Gasteiger partial charge on any atom is 0.280 e. The molecular weight excluding hydrogens is 394 g/mol. The lowest BCUT2D eigenvalue weighted by Gasteiger charge is -2.12. The van der Waals surface area contributed by atoms with Gasteiger partial charge in [0.25, 0.3) is 11.6 Å². The first-order chi connectivity index (χ1) is 15.0. The second kappa shape index (κ2) is 8.62. The summed E-state index contributed by atoms with van der Waals surface area (Å²) in [7, 11) is 0. The molecule has 0 atom stereocenters. The smallest absolute Gasteiger partial charge is 0.280 e. The third-order valence-electron chi connectivity index (χ3n) is 4.82. The van der Waals surface area contributed by atoms with Crippen LogP contribution in [0.15, 0.2) is 89.5 Å². The van der Waals surface area contributed by atoms with Crippen LogP contribution in [-0.2, 0) is 11.4 Å². The number of hydrogen-bond donors (Lipinski definition) is 0. The topological polar surface area (TPSA) is 85.0 Å². The van der Waals surface area contributed by atoms with E-state index in [4.69, 9.17) is 4.74 Å². The summed E-state index contributed by atoms with van der Waals surface area (Å²) in [6, 6.07) is 22.9. The minimum absolute atomic E-state index is 0.0337. The van der Waals surface area contributed by atoms with Gasteiger partial charge in [-0.25, -0.2) is 0 Å². The van der Waals surface area contributed by atoms with Crippen LogP contribution in [0.4, 0.5) is 11.4 Å². The molecule has 3 aromatic rings. The zero-order valence-corrected chi connectivity index (χ0v) is 16.8. The SMILES string of the molecule is CC1=NN(c2ccccc2)C(=O)/C1=C\c1ccccc1OCc1ccc([N+](=O)[O-])cc1. The van der Waals surface area contributed by atoms with E-state index < -0.39 is 4.92 Å². The number of carbonyl (C=O) groups is 1. The Morgan fingerprint density at radius 3 is 2.39 bits per heavy atom. The highest BCUT2D eigenvalue weighted by molar-refractivity contribution is 6.32. The van der Waals surface area contributed by atoms with Crippen LogP contribution in [0, 0.1) is 10.1 Å². The molecule has 7 heteroatoms. The molecule has 0 aliphatic carbocycles. The number of hydrogen-bond acceptors (Lipinski definition) is 5. The number of nitro groups is 1. The molecule has 31 heavy (non-hydrogen) atoms. The van der Waals surface area contributed by atoms with Gasteiger partial charge < -0.3 is 4.74 Å². The van der Waals surface area contributed by atoms with E-state index in [0.717, 1.165) is 11.1 Å². The van der Waals surface area contributed by atoms with Crippen LogP contribution in [0.5, 0.6) is 5.75 Å². The quantitative estimate of drug-likeness (QED) is 0.324. The van der Waals surface area contributed by atoms with Crippen LogP contribution in [-0.4, -0.2) is 16.5 Å². The lowest BCUT2D eigenvalue weighted by Crippen LogP contribution is -2.21. The molecule has 154 valence electrons. The molecule has 1 heterocycles. The Labute approximate surface area is 179 Å². The summed E-state index contributed by atoms with van der Waals surface area (Å²) in [6.45, 7) is 2.04. The molecule has 4 rings (SSSR count). The summed E-state index contributed by atoms with van der Waals surface area (Å²) in [6.07, 6.45) is 1.77. The second-order valence-corrected chi connectivity index (χ2v) is 6.95. The van der Waals surface area contributed by atoms with Crippen molar-refractivity contribution in [2.75, 3.05) is 5.01 Å². The summed E-state index contributed by atoms with van der Waals surface area (Å²) >= 11 is 0. The van der Waals surface area contributed by atoms with E-state index in [0.29, 0.717) is 22.7 Å². The van der Waals surface area contributed by atoms with E-state index in [-0.39, 0.29) is 18.2 Å². The van der Waals surface area contributed by atoms with Gasteiger partial charge >= 0.3 is 0 Å². The van der Waals surface area contributed by atoms with Gasteiger partial charge in [-0.3, -0.25) is 14.9 Å². The molecule has 0 spiro atoms. The first kappa shape index (κ1) is 20.0. The fraction of sp³-hybridized carbons (Fsp3) is 0.0833. The number of benzene rings is 3. The minimum Gasteiger partial charge on any atom is -0.488 e. The Morgan fingerprint density at radius 2 is 1.68 bits per heavy atom. The van der Waals surface area contributed by atoms with Crippen molar-refractivity contribution >= 4 is 29.1 Å². The summed E-state index contributed by atoms with van der Waals surface area (Å²) in [5.74, 6) is 0.404. The van der Waals surface area contributed by atoms with Gasteiger partial charge in [0, 0.05) is 17.7 Å². The number of para-hydroxylation sites is 2. The molecule has 0 saturated carbocycles. The first-order valence-corrected chi connectivity index (χ1v) is 9.65. The average Bonchev–Trinajstić information content (AvgIpc) is 3.07. The summed E-state index contributed by atoms with van der Waals surface area (Å²) in [4.78, 5) is 23.3. The van der Waals surface area contributed by atoms with Gasteiger partial charge in [0.05, 0.1) is 21.9 Å². The van der Waals surface area contributed by atoms with Crippen LogP contribution in [0.2, 0.25) is 0 Å². The first-order valence-electron chi connectivity index (χ1n) is 9.65. The molecule has 7 nitrogen and oxygen atoms in total. The van der Waals surface area contributed by atoms with Crippen LogP contribution in [0.25, 0.3) is 6.08 Å². The second-order valence-electron chi connectivity index (χ2n) is 6.95. The number of rotatable bonds is 6. The number of carbonyl (C=O) groups excluding carboxylic acids is 1. The fourth-order valence-corrected chi connectivity index (χ4v) is 3.19. The van der Waals surface area contributed by atoms with Crippen molar-refractivity contribution in [1.82, 2.24) is 0 Å². The number of anilines is 1. The van der Waals surface area contributed by atoms with Crippen molar-refractivity contribution in [2.45, 2.75) is 13.5 Å². The number of hydrazone groups is 1. The average molecular weight is 413 g/mol. The highest BCUT2D eigenvalue weighted by atomic mass is 16.6. The zero-order valence-electron chi connectivity index (χ0n) is 16.8. The molecule has 0 N–H and O–H groups in total. The lowest BCUT2D eigenvalue weighted by molar-refractivity contribution is -0.384. The van der Waals surface area contributed by atoms with Gasteiger partial charge in [0.1, 0.15) is 12.4 Å². The summed E-state index contributed by atoms with van der Waals surface area (Å²) in [5.41, 5.74) is 3.41. The Morgan fingerprint density at radius 1 is 1.00 bits per heavy atom. The number of nitro benzene ring substituents is 1. The highest BCUT2D eigenvalue weighted by Crippen LogP contribution is 2.28. The maximum absolute atomic E-state index is 12.9. The van der Waals surface area contributed by atoms with Crippen molar-refractivity contribution in [3.63, 3.8) is 0 Å².